The standard InChI is InChI=1S/C23H26N2O4S/c1-15-13-21(15)23(27)24-17-11-9-16(10-12-17)22(26)25-18-5-4-8-20(14-18)30(28,29)19-6-2-3-7-19/h4-5,8-12,14-15,19,21H,2-3,6-7,13H2,1H3,(H,24,27)(H,25,26). The number of hydrogen-bond acceptors (Lipinski definition) is 4. The molecule has 2 fully saturated rings. The Morgan fingerprint density at radius 2 is 1.60 bits per heavy atom. The molecule has 0 saturated heterocycles. The number of carbonyl (C=O) groups excluding carboxylic acids is 2. The highest BCUT2D eigenvalue weighted by Gasteiger charge is 2.39. The summed E-state index contributed by atoms with van der Waals surface area (Å²) in [5.41, 5.74) is 1.52. The van der Waals surface area contributed by atoms with Crippen molar-refractivity contribution < 1.29 is 18.0 Å². The predicted octanol–water partition coefficient (Wildman–Crippen LogP) is 4.25. The van der Waals surface area contributed by atoms with Gasteiger partial charge in [0.25, 0.3) is 5.91 Å². The molecule has 2 aromatic rings. The second-order valence-corrected chi connectivity index (χ2v) is 10.5. The Kier molecular flexibility index (Phi) is 5.64. The third-order valence-electron chi connectivity index (χ3n) is 6.02. The lowest BCUT2D eigenvalue weighted by molar-refractivity contribution is -0.117. The van der Waals surface area contributed by atoms with Crippen LogP contribution in [-0.2, 0) is 14.6 Å². The minimum atomic E-state index is -3.38. The van der Waals surface area contributed by atoms with Crippen molar-refractivity contribution in [2.45, 2.75) is 49.2 Å². The van der Waals surface area contributed by atoms with E-state index in [9.17, 15) is 18.0 Å². The highest BCUT2D eigenvalue weighted by Crippen LogP contribution is 2.38. The number of carbonyl (C=O) groups is 2. The maximum Gasteiger partial charge on any atom is 0.255 e. The van der Waals surface area contributed by atoms with Gasteiger partial charge in [-0.2, -0.15) is 0 Å². The summed E-state index contributed by atoms with van der Waals surface area (Å²) in [7, 11) is -3.38. The molecular formula is C23H26N2O4S. The van der Waals surface area contributed by atoms with Crippen LogP contribution in [0.5, 0.6) is 0 Å². The number of hydrogen-bond donors (Lipinski definition) is 2. The Morgan fingerprint density at radius 1 is 0.933 bits per heavy atom. The number of nitrogens with one attached hydrogen (secondary N) is 2. The Bertz CT molecular complexity index is 1060. The van der Waals surface area contributed by atoms with Crippen LogP contribution in [-0.4, -0.2) is 25.5 Å². The van der Waals surface area contributed by atoms with Crippen molar-refractivity contribution in [1.29, 1.82) is 0 Å². The first-order valence-corrected chi connectivity index (χ1v) is 12.0. The summed E-state index contributed by atoms with van der Waals surface area (Å²) in [4.78, 5) is 24.8. The van der Waals surface area contributed by atoms with Gasteiger partial charge in [0.2, 0.25) is 5.91 Å². The molecule has 2 N–H and O–H groups in total. The molecule has 0 radical (unpaired) electrons. The van der Waals surface area contributed by atoms with Crippen LogP contribution in [0.15, 0.2) is 53.4 Å². The minimum Gasteiger partial charge on any atom is -0.326 e. The van der Waals surface area contributed by atoms with E-state index in [0.717, 1.165) is 19.3 Å². The molecule has 2 unspecified atom stereocenters. The maximum absolute atomic E-state index is 12.8. The molecule has 158 valence electrons. The second-order valence-electron chi connectivity index (χ2n) is 8.32. The van der Waals surface area contributed by atoms with Crippen molar-refractivity contribution in [1.82, 2.24) is 0 Å². The van der Waals surface area contributed by atoms with Gasteiger partial charge < -0.3 is 10.6 Å². The van der Waals surface area contributed by atoms with Gasteiger partial charge in [0, 0.05) is 22.9 Å². The van der Waals surface area contributed by atoms with Gasteiger partial charge in [-0.25, -0.2) is 8.42 Å². The van der Waals surface area contributed by atoms with Crippen LogP contribution in [0.25, 0.3) is 0 Å². The Balaban J connectivity index is 1.42. The lowest BCUT2D eigenvalue weighted by Crippen LogP contribution is -2.18. The number of anilines is 2. The normalized spacial score (nSPS) is 21.2. The molecule has 2 amide bonds. The molecule has 2 atom stereocenters. The molecule has 2 saturated carbocycles. The molecule has 0 aromatic heterocycles. The van der Waals surface area contributed by atoms with Gasteiger partial charge in [0.15, 0.2) is 9.84 Å². The summed E-state index contributed by atoms with van der Waals surface area (Å²) in [6, 6.07) is 13.1. The SMILES string of the molecule is CC1CC1C(=O)Nc1ccc(C(=O)Nc2cccc(S(=O)(=O)C3CCCC3)c2)cc1. The highest BCUT2D eigenvalue weighted by atomic mass is 32.2. The van der Waals surface area contributed by atoms with Crippen LogP contribution in [0, 0.1) is 11.8 Å². The van der Waals surface area contributed by atoms with Crippen LogP contribution in [0.1, 0.15) is 49.4 Å². The van der Waals surface area contributed by atoms with E-state index >= 15 is 0 Å². The van der Waals surface area contributed by atoms with Gasteiger partial charge in [0.1, 0.15) is 0 Å². The molecule has 2 aliphatic carbocycles. The zero-order valence-corrected chi connectivity index (χ0v) is 17.7. The van der Waals surface area contributed by atoms with Gasteiger partial charge >= 0.3 is 0 Å². The van der Waals surface area contributed by atoms with Crippen molar-refractivity contribution >= 4 is 33.0 Å². The van der Waals surface area contributed by atoms with Crippen molar-refractivity contribution in [2.75, 3.05) is 10.6 Å². The van der Waals surface area contributed by atoms with E-state index in [2.05, 4.69) is 10.6 Å². The zero-order valence-electron chi connectivity index (χ0n) is 16.9. The average Bonchev–Trinajstić information content (AvgIpc) is 3.22. The van der Waals surface area contributed by atoms with Crippen LogP contribution in [0.4, 0.5) is 11.4 Å². The van der Waals surface area contributed by atoms with Crippen LogP contribution < -0.4 is 10.6 Å². The van der Waals surface area contributed by atoms with E-state index in [0.29, 0.717) is 35.7 Å². The summed E-state index contributed by atoms with van der Waals surface area (Å²) in [5, 5.41) is 5.30. The van der Waals surface area contributed by atoms with Crippen LogP contribution in [0.3, 0.4) is 0 Å². The second kappa shape index (κ2) is 8.22. The number of amides is 2. The minimum absolute atomic E-state index is 0.0139. The Morgan fingerprint density at radius 3 is 2.23 bits per heavy atom. The molecule has 2 aromatic carbocycles. The molecule has 2 aliphatic rings. The first kappa shape index (κ1) is 20.6. The van der Waals surface area contributed by atoms with Crippen LogP contribution in [0.2, 0.25) is 0 Å². The largest absolute Gasteiger partial charge is 0.326 e. The number of benzene rings is 2. The topological polar surface area (TPSA) is 92.3 Å². The summed E-state index contributed by atoms with van der Waals surface area (Å²) < 4.78 is 25.6. The fourth-order valence-electron chi connectivity index (χ4n) is 3.97. The van der Waals surface area contributed by atoms with Gasteiger partial charge in [-0.15, -0.1) is 0 Å². The van der Waals surface area contributed by atoms with Crippen molar-refractivity contribution in [3.63, 3.8) is 0 Å². The third-order valence-corrected chi connectivity index (χ3v) is 8.28. The molecule has 6 nitrogen and oxygen atoms in total. The molecular weight excluding hydrogens is 400 g/mol. The molecule has 0 bridgehead atoms. The quantitative estimate of drug-likeness (QED) is 0.722. The molecule has 4 rings (SSSR count). The Hall–Kier alpha value is -2.67. The zero-order chi connectivity index (χ0) is 21.3. The van der Waals surface area contributed by atoms with Gasteiger partial charge in [-0.05, 0) is 67.6 Å². The Labute approximate surface area is 177 Å². The fraction of sp³-hybridized carbons (Fsp3) is 0.391. The van der Waals surface area contributed by atoms with E-state index in [1.165, 1.54) is 6.07 Å². The van der Waals surface area contributed by atoms with Gasteiger partial charge in [-0.3, -0.25) is 9.59 Å². The maximum atomic E-state index is 12.8. The number of rotatable bonds is 6. The predicted molar refractivity (Wildman–Crippen MR) is 116 cm³/mol. The lowest BCUT2D eigenvalue weighted by atomic mass is 10.2. The monoisotopic (exact) mass is 426 g/mol. The summed E-state index contributed by atoms with van der Waals surface area (Å²) >= 11 is 0. The van der Waals surface area contributed by atoms with E-state index in [1.54, 1.807) is 42.5 Å². The van der Waals surface area contributed by atoms with Gasteiger partial charge in [-0.1, -0.05) is 25.8 Å². The smallest absolute Gasteiger partial charge is 0.255 e. The summed E-state index contributed by atoms with van der Waals surface area (Å²) in [6.45, 7) is 2.05. The van der Waals surface area contributed by atoms with Crippen molar-refractivity contribution in [3.8, 4) is 0 Å². The molecule has 30 heavy (non-hydrogen) atoms. The molecule has 7 heteroatoms. The molecule has 0 heterocycles. The molecule has 0 aliphatic heterocycles. The summed E-state index contributed by atoms with van der Waals surface area (Å²) in [6.07, 6.45) is 4.19. The van der Waals surface area contributed by atoms with Crippen molar-refractivity contribution in [2.24, 2.45) is 11.8 Å². The van der Waals surface area contributed by atoms with E-state index in [1.807, 2.05) is 6.92 Å². The van der Waals surface area contributed by atoms with Crippen molar-refractivity contribution in [3.05, 3.63) is 54.1 Å². The average molecular weight is 427 g/mol. The van der Waals surface area contributed by atoms with Crippen LogP contribution >= 0.6 is 0 Å². The fourth-order valence-corrected chi connectivity index (χ4v) is 5.87. The highest BCUT2D eigenvalue weighted by molar-refractivity contribution is 7.92. The first-order valence-electron chi connectivity index (χ1n) is 10.4. The van der Waals surface area contributed by atoms with E-state index in [4.69, 9.17) is 0 Å². The van der Waals surface area contributed by atoms with E-state index in [-0.39, 0.29) is 27.9 Å². The number of sulfone groups is 1. The summed E-state index contributed by atoms with van der Waals surface area (Å²) in [5.74, 6) is 0.197. The lowest BCUT2D eigenvalue weighted by Gasteiger charge is -2.13. The third kappa shape index (κ3) is 4.41. The van der Waals surface area contributed by atoms with E-state index < -0.39 is 9.84 Å². The van der Waals surface area contributed by atoms with Gasteiger partial charge in [0.05, 0.1) is 10.1 Å². The first-order chi connectivity index (χ1) is 14.3. The molecule has 0 spiro atoms.